The second-order valence-corrected chi connectivity index (χ2v) is 7.86. The van der Waals surface area contributed by atoms with E-state index in [0.29, 0.717) is 24.4 Å². The first-order valence-electron chi connectivity index (χ1n) is 9.77. The molecule has 3 aromatic rings. The summed E-state index contributed by atoms with van der Waals surface area (Å²) in [5, 5.41) is 15.1. The number of hydrogen-bond donors (Lipinski definition) is 2. The van der Waals surface area contributed by atoms with Crippen LogP contribution in [-0.2, 0) is 11.8 Å². The zero-order chi connectivity index (χ0) is 19.3. The van der Waals surface area contributed by atoms with Crippen LogP contribution in [0.25, 0.3) is 16.8 Å². The monoisotopic (exact) mass is 380 g/mol. The molecule has 3 aromatic heterocycles. The Bertz CT molecular complexity index is 1030. The molecule has 1 amide bonds. The highest BCUT2D eigenvalue weighted by atomic mass is 16.5. The summed E-state index contributed by atoms with van der Waals surface area (Å²) in [4.78, 5) is 12.0. The van der Waals surface area contributed by atoms with E-state index < -0.39 is 0 Å². The lowest BCUT2D eigenvalue weighted by Crippen LogP contribution is -2.54. The molecule has 0 bridgehead atoms. The number of amides is 1. The number of aromatic nitrogens is 4. The van der Waals surface area contributed by atoms with Gasteiger partial charge in [0.2, 0.25) is 5.91 Å². The molecule has 1 saturated heterocycles. The van der Waals surface area contributed by atoms with E-state index in [4.69, 9.17) is 4.74 Å². The maximum Gasteiger partial charge on any atom is 0.228 e. The lowest BCUT2D eigenvalue weighted by molar-refractivity contribution is -0.117. The van der Waals surface area contributed by atoms with Crippen LogP contribution >= 0.6 is 0 Å². The first-order chi connectivity index (χ1) is 13.6. The van der Waals surface area contributed by atoms with E-state index in [9.17, 15) is 4.79 Å². The first kappa shape index (κ1) is 17.2. The molecule has 1 aliphatic carbocycles. The Labute approximate surface area is 162 Å². The highest BCUT2D eigenvalue weighted by Gasteiger charge is 2.30. The lowest BCUT2D eigenvalue weighted by Gasteiger charge is -2.35. The molecule has 0 aromatic carbocycles. The quantitative estimate of drug-likeness (QED) is 0.684. The van der Waals surface area contributed by atoms with Crippen molar-refractivity contribution >= 4 is 17.2 Å². The van der Waals surface area contributed by atoms with Crippen LogP contribution in [0.2, 0.25) is 0 Å². The minimum atomic E-state index is 0.0600. The molecular weight excluding hydrogens is 356 g/mol. The van der Waals surface area contributed by atoms with E-state index >= 15 is 0 Å². The van der Waals surface area contributed by atoms with Crippen molar-refractivity contribution in [3.8, 4) is 17.0 Å². The maximum absolute atomic E-state index is 12.0. The summed E-state index contributed by atoms with van der Waals surface area (Å²) in [7, 11) is 1.91. The Kier molecular flexibility index (Phi) is 4.08. The molecule has 5 rings (SSSR count). The van der Waals surface area contributed by atoms with Crippen LogP contribution in [0.5, 0.6) is 5.75 Å². The number of carbonyl (C=O) groups excluding carboxylic acids is 1. The average Bonchev–Trinajstić information content (AvgIpc) is 3.36. The minimum Gasteiger partial charge on any atom is -0.488 e. The molecule has 2 atom stereocenters. The van der Waals surface area contributed by atoms with E-state index in [2.05, 4.69) is 27.8 Å². The van der Waals surface area contributed by atoms with Crippen molar-refractivity contribution in [1.29, 1.82) is 0 Å². The zero-order valence-electron chi connectivity index (χ0n) is 16.1. The number of pyridine rings is 1. The smallest absolute Gasteiger partial charge is 0.228 e. The number of carbonyl (C=O) groups is 1. The second-order valence-electron chi connectivity index (χ2n) is 7.86. The van der Waals surface area contributed by atoms with E-state index in [0.717, 1.165) is 41.9 Å². The van der Waals surface area contributed by atoms with Gasteiger partial charge in [-0.25, -0.2) is 4.52 Å². The van der Waals surface area contributed by atoms with Crippen LogP contribution in [0.1, 0.15) is 19.8 Å². The molecule has 0 spiro atoms. The fraction of sp³-hybridized carbons (Fsp3) is 0.450. The summed E-state index contributed by atoms with van der Waals surface area (Å²) in [5.74, 6) is 2.20. The van der Waals surface area contributed by atoms with Gasteiger partial charge in [-0.2, -0.15) is 10.2 Å². The SMILES string of the molecule is C[C@H]1CN[C@@H]1COc1cnn(C)c1-c1ccn2nc(NC(=O)C3CC3)cc2c1. The number of ether oxygens (including phenoxy) is 1. The number of aryl methyl sites for hydroxylation is 1. The summed E-state index contributed by atoms with van der Waals surface area (Å²) in [6, 6.07) is 6.30. The van der Waals surface area contributed by atoms with E-state index in [-0.39, 0.29) is 11.8 Å². The van der Waals surface area contributed by atoms with Gasteiger partial charge in [0.25, 0.3) is 0 Å². The predicted octanol–water partition coefficient (Wildman–Crippen LogP) is 2.07. The minimum absolute atomic E-state index is 0.0600. The summed E-state index contributed by atoms with van der Waals surface area (Å²) in [5.41, 5.74) is 2.83. The van der Waals surface area contributed by atoms with E-state index in [1.807, 2.05) is 36.1 Å². The molecule has 0 unspecified atom stereocenters. The number of anilines is 1. The van der Waals surface area contributed by atoms with Crippen molar-refractivity contribution in [2.24, 2.45) is 18.9 Å². The highest BCUT2D eigenvalue weighted by molar-refractivity contribution is 5.93. The number of nitrogens with one attached hydrogen (secondary N) is 2. The number of rotatable bonds is 6. The van der Waals surface area contributed by atoms with Crippen LogP contribution in [0.3, 0.4) is 0 Å². The molecule has 2 fully saturated rings. The Morgan fingerprint density at radius 1 is 1.39 bits per heavy atom. The molecule has 0 radical (unpaired) electrons. The maximum atomic E-state index is 12.0. The van der Waals surface area contributed by atoms with Gasteiger partial charge in [0.05, 0.1) is 11.7 Å². The molecule has 2 aliphatic rings. The largest absolute Gasteiger partial charge is 0.488 e. The standard InChI is InChI=1S/C20H24N6O2/c1-12-9-21-16(12)11-28-17-10-22-25(2)19(17)14-5-6-26-15(7-14)8-18(24-26)23-20(27)13-3-4-13/h5-8,10,12-13,16,21H,3-4,9,11H2,1-2H3,(H,23,24,27)/t12-,16+/m0/s1. The first-order valence-corrected chi connectivity index (χ1v) is 9.77. The molecule has 4 heterocycles. The van der Waals surface area contributed by atoms with Gasteiger partial charge in [-0.05, 0) is 37.4 Å². The molecule has 1 aliphatic heterocycles. The molecule has 28 heavy (non-hydrogen) atoms. The Morgan fingerprint density at radius 2 is 2.25 bits per heavy atom. The molecule has 8 heteroatoms. The van der Waals surface area contributed by atoms with Gasteiger partial charge in [0.15, 0.2) is 11.6 Å². The summed E-state index contributed by atoms with van der Waals surface area (Å²) < 4.78 is 9.66. The topological polar surface area (TPSA) is 85.5 Å². The zero-order valence-corrected chi connectivity index (χ0v) is 16.1. The van der Waals surface area contributed by atoms with Gasteiger partial charge in [-0.1, -0.05) is 6.92 Å². The number of nitrogens with zero attached hydrogens (tertiary/aromatic N) is 4. The summed E-state index contributed by atoms with van der Waals surface area (Å²) in [6.07, 6.45) is 5.61. The lowest BCUT2D eigenvalue weighted by atomic mass is 9.95. The van der Waals surface area contributed by atoms with Crippen LogP contribution < -0.4 is 15.4 Å². The molecule has 2 N–H and O–H groups in total. The second kappa shape index (κ2) is 6.63. The van der Waals surface area contributed by atoms with Crippen LogP contribution in [-0.4, -0.2) is 44.5 Å². The van der Waals surface area contributed by atoms with Crippen molar-refractivity contribution in [2.75, 3.05) is 18.5 Å². The highest BCUT2D eigenvalue weighted by Crippen LogP contribution is 2.32. The van der Waals surface area contributed by atoms with Crippen LogP contribution in [0.15, 0.2) is 30.6 Å². The molecule has 146 valence electrons. The van der Waals surface area contributed by atoms with E-state index in [1.54, 1.807) is 10.7 Å². The third-order valence-corrected chi connectivity index (χ3v) is 5.65. The van der Waals surface area contributed by atoms with Gasteiger partial charge >= 0.3 is 0 Å². The van der Waals surface area contributed by atoms with Gasteiger partial charge < -0.3 is 15.4 Å². The van der Waals surface area contributed by atoms with Crippen molar-refractivity contribution < 1.29 is 9.53 Å². The Hall–Kier alpha value is -2.87. The fourth-order valence-electron chi connectivity index (χ4n) is 3.55. The number of fused-ring (bicyclic) bond motifs is 1. The third-order valence-electron chi connectivity index (χ3n) is 5.65. The summed E-state index contributed by atoms with van der Waals surface area (Å²) >= 11 is 0. The van der Waals surface area contributed by atoms with Crippen molar-refractivity contribution in [3.63, 3.8) is 0 Å². The Balaban J connectivity index is 1.39. The van der Waals surface area contributed by atoms with Crippen LogP contribution in [0, 0.1) is 11.8 Å². The fourth-order valence-corrected chi connectivity index (χ4v) is 3.55. The van der Waals surface area contributed by atoms with Crippen molar-refractivity contribution in [3.05, 3.63) is 30.6 Å². The molecule has 8 nitrogen and oxygen atoms in total. The Morgan fingerprint density at radius 3 is 2.96 bits per heavy atom. The van der Waals surface area contributed by atoms with Gasteiger partial charge in [0.1, 0.15) is 12.3 Å². The predicted molar refractivity (Wildman–Crippen MR) is 105 cm³/mol. The van der Waals surface area contributed by atoms with Gasteiger partial charge in [-0.3, -0.25) is 9.48 Å². The van der Waals surface area contributed by atoms with Gasteiger partial charge in [-0.15, -0.1) is 0 Å². The summed E-state index contributed by atoms with van der Waals surface area (Å²) in [6.45, 7) is 3.90. The van der Waals surface area contributed by atoms with Crippen molar-refractivity contribution in [1.82, 2.24) is 24.7 Å². The van der Waals surface area contributed by atoms with Gasteiger partial charge in [0, 0.05) is 36.8 Å². The van der Waals surface area contributed by atoms with Crippen LogP contribution in [0.4, 0.5) is 5.82 Å². The number of hydrogen-bond acceptors (Lipinski definition) is 5. The van der Waals surface area contributed by atoms with E-state index in [1.165, 1.54) is 0 Å². The van der Waals surface area contributed by atoms with Crippen molar-refractivity contribution in [2.45, 2.75) is 25.8 Å². The molecular formula is C20H24N6O2. The third kappa shape index (κ3) is 3.13. The normalized spacial score (nSPS) is 21.5. The molecule has 1 saturated carbocycles. The average molecular weight is 380 g/mol.